The van der Waals surface area contributed by atoms with E-state index < -0.39 is 0 Å². The number of carbonyl (C=O) groups is 2. The van der Waals surface area contributed by atoms with Crippen molar-refractivity contribution in [1.29, 1.82) is 0 Å². The molecule has 0 fully saturated rings. The Hall–Kier alpha value is -2.61. The lowest BCUT2D eigenvalue weighted by molar-refractivity contribution is 0.0655. The van der Waals surface area contributed by atoms with Gasteiger partial charge in [-0.25, -0.2) is 0 Å². The first kappa shape index (κ1) is 15.3. The van der Waals surface area contributed by atoms with Crippen LogP contribution in [0.3, 0.4) is 0 Å². The minimum absolute atomic E-state index is 0.240. The number of imide groups is 1. The predicted octanol–water partition coefficient (Wildman–Crippen LogP) is 0.548. The summed E-state index contributed by atoms with van der Waals surface area (Å²) >= 11 is 0. The van der Waals surface area contributed by atoms with E-state index in [1.807, 2.05) is 6.92 Å². The van der Waals surface area contributed by atoms with Crippen molar-refractivity contribution in [1.82, 2.24) is 25.1 Å². The second-order valence-corrected chi connectivity index (χ2v) is 5.06. The van der Waals surface area contributed by atoms with Gasteiger partial charge in [0.2, 0.25) is 0 Å². The lowest BCUT2D eigenvalue weighted by Crippen LogP contribution is -2.32. The van der Waals surface area contributed by atoms with Crippen molar-refractivity contribution in [3.8, 4) is 0 Å². The quantitative estimate of drug-likeness (QED) is 0.547. The summed E-state index contributed by atoms with van der Waals surface area (Å²) in [5.41, 5.74) is 0.900. The van der Waals surface area contributed by atoms with Gasteiger partial charge < -0.3 is 4.74 Å². The van der Waals surface area contributed by atoms with Crippen LogP contribution in [0, 0.1) is 0 Å². The van der Waals surface area contributed by atoms with Gasteiger partial charge in [0, 0.05) is 19.6 Å². The molecule has 0 N–H and O–H groups in total. The molecule has 0 bridgehead atoms. The highest BCUT2D eigenvalue weighted by Crippen LogP contribution is 2.22. The van der Waals surface area contributed by atoms with Crippen molar-refractivity contribution in [3.63, 3.8) is 0 Å². The maximum Gasteiger partial charge on any atom is 0.261 e. The van der Waals surface area contributed by atoms with Crippen LogP contribution in [-0.2, 0) is 17.7 Å². The minimum atomic E-state index is -0.269. The molecule has 0 saturated heterocycles. The highest BCUT2D eigenvalue weighted by molar-refractivity contribution is 6.21. The van der Waals surface area contributed by atoms with E-state index in [9.17, 15) is 9.59 Å². The van der Waals surface area contributed by atoms with Crippen LogP contribution < -0.4 is 0 Å². The summed E-state index contributed by atoms with van der Waals surface area (Å²) in [6.45, 7) is 3.84. The third-order valence-corrected chi connectivity index (χ3v) is 3.57. The Balaban J connectivity index is 1.59. The molecule has 0 aliphatic carbocycles. The molecule has 0 atom stereocenters. The zero-order valence-corrected chi connectivity index (χ0v) is 12.8. The molecule has 3 rings (SSSR count). The van der Waals surface area contributed by atoms with Crippen LogP contribution in [0.5, 0.6) is 0 Å². The van der Waals surface area contributed by atoms with E-state index in [0.29, 0.717) is 43.1 Å². The molecule has 0 radical (unpaired) electrons. The highest BCUT2D eigenvalue weighted by atomic mass is 16.5. The highest BCUT2D eigenvalue weighted by Gasteiger charge is 2.34. The first-order chi connectivity index (χ1) is 11.2. The number of tetrazole rings is 1. The van der Waals surface area contributed by atoms with Crippen LogP contribution in [-0.4, -0.2) is 56.7 Å². The van der Waals surface area contributed by atoms with Crippen LogP contribution in [0.15, 0.2) is 24.3 Å². The van der Waals surface area contributed by atoms with E-state index >= 15 is 0 Å². The predicted molar refractivity (Wildman–Crippen MR) is 79.8 cm³/mol. The topological polar surface area (TPSA) is 90.2 Å². The molecular weight excluding hydrogens is 298 g/mol. The van der Waals surface area contributed by atoms with E-state index in [2.05, 4.69) is 15.4 Å². The van der Waals surface area contributed by atoms with Crippen molar-refractivity contribution >= 4 is 11.8 Å². The van der Waals surface area contributed by atoms with Gasteiger partial charge in [-0.3, -0.25) is 14.5 Å². The van der Waals surface area contributed by atoms with Gasteiger partial charge in [0.1, 0.15) is 0 Å². The number of rotatable bonds is 7. The molecule has 1 aliphatic rings. The fraction of sp³-hybridized carbons (Fsp3) is 0.400. The summed E-state index contributed by atoms with van der Waals surface area (Å²) in [5.74, 6) is -0.0401. The SMILES string of the molecule is CCOCCn1nnc(CCN2C(=O)c3ccccc3C2=O)n1. The third kappa shape index (κ3) is 3.11. The number of ether oxygens (including phenoxy) is 1. The number of hydrogen-bond acceptors (Lipinski definition) is 6. The standard InChI is InChI=1S/C15H17N5O3/c1-2-23-10-9-20-17-13(16-18-20)7-8-19-14(21)11-5-3-4-6-12(11)15(19)22/h3-6H,2,7-10H2,1H3. The Morgan fingerprint density at radius 2 is 1.78 bits per heavy atom. The van der Waals surface area contributed by atoms with Gasteiger partial charge >= 0.3 is 0 Å². The first-order valence-electron chi connectivity index (χ1n) is 7.50. The van der Waals surface area contributed by atoms with Crippen LogP contribution in [0.25, 0.3) is 0 Å². The Morgan fingerprint density at radius 3 is 2.43 bits per heavy atom. The fourth-order valence-corrected chi connectivity index (χ4v) is 2.42. The van der Waals surface area contributed by atoms with E-state index in [-0.39, 0.29) is 18.4 Å². The molecular formula is C15H17N5O3. The lowest BCUT2D eigenvalue weighted by Gasteiger charge is -2.11. The van der Waals surface area contributed by atoms with E-state index in [0.717, 1.165) is 0 Å². The number of amides is 2. The third-order valence-electron chi connectivity index (χ3n) is 3.57. The van der Waals surface area contributed by atoms with Crippen molar-refractivity contribution < 1.29 is 14.3 Å². The van der Waals surface area contributed by atoms with E-state index in [4.69, 9.17) is 4.74 Å². The molecule has 8 heteroatoms. The normalized spacial score (nSPS) is 13.7. The van der Waals surface area contributed by atoms with Gasteiger partial charge in [-0.1, -0.05) is 12.1 Å². The van der Waals surface area contributed by atoms with Crippen LogP contribution in [0.1, 0.15) is 33.5 Å². The number of fused-ring (bicyclic) bond motifs is 1. The van der Waals surface area contributed by atoms with Gasteiger partial charge in [-0.15, -0.1) is 10.2 Å². The molecule has 2 aromatic rings. The fourth-order valence-electron chi connectivity index (χ4n) is 2.42. The van der Waals surface area contributed by atoms with Crippen molar-refractivity contribution in [2.75, 3.05) is 19.8 Å². The number of nitrogens with zero attached hydrogens (tertiary/aromatic N) is 5. The zero-order chi connectivity index (χ0) is 16.2. The van der Waals surface area contributed by atoms with Crippen LogP contribution >= 0.6 is 0 Å². The van der Waals surface area contributed by atoms with E-state index in [1.165, 1.54) is 9.70 Å². The molecule has 23 heavy (non-hydrogen) atoms. The van der Waals surface area contributed by atoms with E-state index in [1.54, 1.807) is 24.3 Å². The molecule has 2 heterocycles. The van der Waals surface area contributed by atoms with Crippen molar-refractivity contribution in [2.24, 2.45) is 0 Å². The number of benzene rings is 1. The molecule has 2 amide bonds. The van der Waals surface area contributed by atoms with Gasteiger partial charge in [0.25, 0.3) is 11.8 Å². The lowest BCUT2D eigenvalue weighted by atomic mass is 10.1. The molecule has 120 valence electrons. The first-order valence-corrected chi connectivity index (χ1v) is 7.50. The molecule has 8 nitrogen and oxygen atoms in total. The zero-order valence-electron chi connectivity index (χ0n) is 12.8. The van der Waals surface area contributed by atoms with Gasteiger partial charge in [-0.05, 0) is 24.3 Å². The molecule has 0 unspecified atom stereocenters. The van der Waals surface area contributed by atoms with Crippen LogP contribution in [0.2, 0.25) is 0 Å². The average Bonchev–Trinajstić information content (AvgIpc) is 3.11. The average molecular weight is 315 g/mol. The van der Waals surface area contributed by atoms with Crippen molar-refractivity contribution in [3.05, 3.63) is 41.2 Å². The Morgan fingerprint density at radius 1 is 1.09 bits per heavy atom. The summed E-state index contributed by atoms with van der Waals surface area (Å²) < 4.78 is 5.23. The van der Waals surface area contributed by atoms with Gasteiger partial charge in [0.15, 0.2) is 5.82 Å². The van der Waals surface area contributed by atoms with Gasteiger partial charge in [-0.2, -0.15) is 4.80 Å². The minimum Gasteiger partial charge on any atom is -0.380 e. The van der Waals surface area contributed by atoms with Gasteiger partial charge in [0.05, 0.1) is 24.3 Å². The molecule has 1 aliphatic heterocycles. The summed E-state index contributed by atoms with van der Waals surface area (Å²) in [5, 5.41) is 12.1. The monoisotopic (exact) mass is 315 g/mol. The maximum absolute atomic E-state index is 12.2. The summed E-state index contributed by atoms with van der Waals surface area (Å²) in [6, 6.07) is 6.83. The summed E-state index contributed by atoms with van der Waals surface area (Å²) in [6.07, 6.45) is 0.375. The largest absolute Gasteiger partial charge is 0.380 e. The Kier molecular flexibility index (Phi) is 4.42. The Labute approximate surface area is 133 Å². The number of carbonyl (C=O) groups excluding carboxylic acids is 2. The molecule has 0 spiro atoms. The maximum atomic E-state index is 12.2. The Bertz CT molecular complexity index is 692. The summed E-state index contributed by atoms with van der Waals surface area (Å²) in [7, 11) is 0. The summed E-state index contributed by atoms with van der Waals surface area (Å²) in [4.78, 5) is 27.1. The van der Waals surface area contributed by atoms with Crippen molar-refractivity contribution in [2.45, 2.75) is 19.9 Å². The smallest absolute Gasteiger partial charge is 0.261 e. The number of hydrogen-bond donors (Lipinski definition) is 0. The molecule has 1 aromatic carbocycles. The molecule has 0 saturated carbocycles. The van der Waals surface area contributed by atoms with Crippen LogP contribution in [0.4, 0.5) is 0 Å². The second-order valence-electron chi connectivity index (χ2n) is 5.06. The number of aromatic nitrogens is 4. The second kappa shape index (κ2) is 6.66. The molecule has 1 aromatic heterocycles.